The molecule has 0 heterocycles. The Morgan fingerprint density at radius 3 is 2.00 bits per heavy atom. The maximum Gasteiger partial charge on any atom is 0.0183 e. The average Bonchev–Trinajstić information content (AvgIpc) is 2.41. The van der Waals surface area contributed by atoms with Gasteiger partial charge in [-0.1, -0.05) is 47.0 Å². The maximum absolute atomic E-state index is 3.83. The van der Waals surface area contributed by atoms with E-state index in [0.717, 1.165) is 12.0 Å². The van der Waals surface area contributed by atoms with Gasteiger partial charge in [-0.05, 0) is 30.1 Å². The third-order valence-electron chi connectivity index (χ3n) is 5.38. The third kappa shape index (κ3) is 1.84. The molecule has 15 heavy (non-hydrogen) atoms. The van der Waals surface area contributed by atoms with Gasteiger partial charge in [0, 0.05) is 12.1 Å². The van der Waals surface area contributed by atoms with E-state index in [-0.39, 0.29) is 0 Å². The van der Waals surface area contributed by atoms with Gasteiger partial charge in [0.25, 0.3) is 0 Å². The van der Waals surface area contributed by atoms with Crippen LogP contribution in [0.3, 0.4) is 0 Å². The van der Waals surface area contributed by atoms with Crippen LogP contribution in [-0.2, 0) is 0 Å². The summed E-state index contributed by atoms with van der Waals surface area (Å²) in [4.78, 5) is 0. The first-order chi connectivity index (χ1) is 6.85. The van der Waals surface area contributed by atoms with Crippen molar-refractivity contribution in [3.8, 4) is 0 Å². The summed E-state index contributed by atoms with van der Waals surface area (Å²) in [6.07, 6.45) is 5.81. The highest BCUT2D eigenvalue weighted by Gasteiger charge is 2.64. The molecule has 0 radical (unpaired) electrons. The van der Waals surface area contributed by atoms with Crippen LogP contribution in [0.5, 0.6) is 0 Å². The van der Waals surface area contributed by atoms with Gasteiger partial charge < -0.3 is 5.32 Å². The Hall–Kier alpha value is -0.0400. The van der Waals surface area contributed by atoms with Gasteiger partial charge >= 0.3 is 0 Å². The third-order valence-corrected chi connectivity index (χ3v) is 5.38. The molecule has 0 bridgehead atoms. The van der Waals surface area contributed by atoms with Crippen LogP contribution < -0.4 is 5.32 Å². The molecule has 1 atom stereocenters. The molecule has 1 unspecified atom stereocenters. The minimum atomic E-state index is 0.487. The molecule has 2 fully saturated rings. The van der Waals surface area contributed by atoms with Crippen LogP contribution in [0.4, 0.5) is 0 Å². The first kappa shape index (κ1) is 11.4. The Morgan fingerprint density at radius 1 is 1.13 bits per heavy atom. The van der Waals surface area contributed by atoms with Crippen LogP contribution in [0, 0.1) is 16.7 Å². The molecule has 0 aromatic rings. The summed E-state index contributed by atoms with van der Waals surface area (Å²) in [5.41, 5.74) is 0.974. The summed E-state index contributed by atoms with van der Waals surface area (Å²) in [5, 5.41) is 3.83. The van der Waals surface area contributed by atoms with Gasteiger partial charge in [-0.3, -0.25) is 0 Å². The van der Waals surface area contributed by atoms with Gasteiger partial charge in [-0.25, -0.2) is 0 Å². The standard InChI is InChI=1S/C14H27N/c1-10(9-11-7-6-8-11)15-12-13(2,3)14(12,4)5/h10-12,15H,6-9H2,1-5H3. The fourth-order valence-corrected chi connectivity index (χ4v) is 3.19. The molecule has 0 spiro atoms. The molecule has 2 rings (SSSR count). The van der Waals surface area contributed by atoms with Crippen molar-refractivity contribution < 1.29 is 0 Å². The molecule has 1 N–H and O–H groups in total. The Balaban J connectivity index is 1.78. The minimum absolute atomic E-state index is 0.487. The highest BCUT2D eigenvalue weighted by molar-refractivity contribution is 5.18. The van der Waals surface area contributed by atoms with Crippen molar-refractivity contribution in [2.45, 2.75) is 72.4 Å². The fourth-order valence-electron chi connectivity index (χ4n) is 3.19. The summed E-state index contributed by atoms with van der Waals surface area (Å²) in [6.45, 7) is 11.9. The molecule has 0 saturated heterocycles. The Kier molecular flexibility index (Phi) is 2.65. The molecule has 2 aliphatic rings. The molecule has 2 saturated carbocycles. The Bertz CT molecular complexity index is 224. The van der Waals surface area contributed by atoms with Gasteiger partial charge in [0.15, 0.2) is 0 Å². The van der Waals surface area contributed by atoms with Crippen LogP contribution in [0.25, 0.3) is 0 Å². The van der Waals surface area contributed by atoms with Crippen molar-refractivity contribution in [3.63, 3.8) is 0 Å². The topological polar surface area (TPSA) is 12.0 Å². The molecule has 0 aromatic carbocycles. The second-order valence-electron chi connectivity index (χ2n) is 6.98. The van der Waals surface area contributed by atoms with E-state index in [1.165, 1.54) is 25.7 Å². The van der Waals surface area contributed by atoms with Crippen LogP contribution in [0.1, 0.15) is 60.3 Å². The van der Waals surface area contributed by atoms with Crippen molar-refractivity contribution in [1.29, 1.82) is 0 Å². The van der Waals surface area contributed by atoms with Crippen molar-refractivity contribution >= 4 is 0 Å². The number of rotatable bonds is 4. The summed E-state index contributed by atoms with van der Waals surface area (Å²) in [6, 6.07) is 1.43. The van der Waals surface area contributed by atoms with E-state index >= 15 is 0 Å². The molecule has 88 valence electrons. The average molecular weight is 209 g/mol. The first-order valence-corrected chi connectivity index (χ1v) is 6.62. The lowest BCUT2D eigenvalue weighted by Crippen LogP contribution is -2.34. The molecular formula is C14H27N. The van der Waals surface area contributed by atoms with Crippen LogP contribution in [0.15, 0.2) is 0 Å². The van der Waals surface area contributed by atoms with Crippen molar-refractivity contribution in [1.82, 2.24) is 5.32 Å². The monoisotopic (exact) mass is 209 g/mol. The number of hydrogen-bond donors (Lipinski definition) is 1. The highest BCUT2D eigenvalue weighted by atomic mass is 15.1. The lowest BCUT2D eigenvalue weighted by molar-refractivity contribution is 0.261. The summed E-state index contributed by atoms with van der Waals surface area (Å²) in [5.74, 6) is 1.03. The van der Waals surface area contributed by atoms with E-state index in [2.05, 4.69) is 39.9 Å². The second-order valence-corrected chi connectivity index (χ2v) is 6.98. The molecule has 0 amide bonds. The predicted molar refractivity (Wildman–Crippen MR) is 65.9 cm³/mol. The quantitative estimate of drug-likeness (QED) is 0.746. The Morgan fingerprint density at radius 2 is 1.67 bits per heavy atom. The largest absolute Gasteiger partial charge is 0.310 e. The SMILES string of the molecule is CC(CC1CCC1)NC1C(C)(C)C1(C)C. The van der Waals surface area contributed by atoms with Crippen molar-refractivity contribution in [2.75, 3.05) is 0 Å². The van der Waals surface area contributed by atoms with E-state index in [1.807, 2.05) is 0 Å². The highest BCUT2D eigenvalue weighted by Crippen LogP contribution is 2.62. The molecule has 2 aliphatic carbocycles. The van der Waals surface area contributed by atoms with Crippen molar-refractivity contribution in [2.24, 2.45) is 16.7 Å². The van der Waals surface area contributed by atoms with Gasteiger partial charge in [-0.2, -0.15) is 0 Å². The van der Waals surface area contributed by atoms with Crippen LogP contribution >= 0.6 is 0 Å². The zero-order valence-corrected chi connectivity index (χ0v) is 11.1. The predicted octanol–water partition coefficient (Wildman–Crippen LogP) is 3.59. The van der Waals surface area contributed by atoms with E-state index in [1.54, 1.807) is 0 Å². The van der Waals surface area contributed by atoms with E-state index in [0.29, 0.717) is 16.9 Å². The first-order valence-electron chi connectivity index (χ1n) is 6.62. The zero-order chi connectivity index (χ0) is 11.3. The minimum Gasteiger partial charge on any atom is -0.310 e. The normalized spacial score (nSPS) is 31.0. The second kappa shape index (κ2) is 3.48. The molecule has 1 nitrogen and oxygen atoms in total. The van der Waals surface area contributed by atoms with Gasteiger partial charge in [0.05, 0.1) is 0 Å². The van der Waals surface area contributed by atoms with Crippen molar-refractivity contribution in [3.05, 3.63) is 0 Å². The molecule has 0 aromatic heterocycles. The van der Waals surface area contributed by atoms with Crippen LogP contribution in [0.2, 0.25) is 0 Å². The summed E-state index contributed by atoms with van der Waals surface area (Å²) in [7, 11) is 0. The summed E-state index contributed by atoms with van der Waals surface area (Å²) >= 11 is 0. The van der Waals surface area contributed by atoms with Crippen LogP contribution in [-0.4, -0.2) is 12.1 Å². The maximum atomic E-state index is 3.83. The zero-order valence-electron chi connectivity index (χ0n) is 11.1. The molecule has 0 aliphatic heterocycles. The van der Waals surface area contributed by atoms with Gasteiger partial charge in [0.2, 0.25) is 0 Å². The fraction of sp³-hybridized carbons (Fsp3) is 1.00. The molecule has 1 heteroatoms. The summed E-state index contributed by atoms with van der Waals surface area (Å²) < 4.78 is 0. The Labute approximate surface area is 95.0 Å². The van der Waals surface area contributed by atoms with E-state index in [4.69, 9.17) is 0 Å². The lowest BCUT2D eigenvalue weighted by Gasteiger charge is -2.29. The number of hydrogen-bond acceptors (Lipinski definition) is 1. The van der Waals surface area contributed by atoms with Gasteiger partial charge in [-0.15, -0.1) is 0 Å². The van der Waals surface area contributed by atoms with E-state index < -0.39 is 0 Å². The lowest BCUT2D eigenvalue weighted by atomic mass is 9.81. The number of nitrogens with one attached hydrogen (secondary N) is 1. The molecular weight excluding hydrogens is 182 g/mol. The smallest absolute Gasteiger partial charge is 0.0183 e. The van der Waals surface area contributed by atoms with E-state index in [9.17, 15) is 0 Å². The van der Waals surface area contributed by atoms with Gasteiger partial charge in [0.1, 0.15) is 0 Å².